The zero-order chi connectivity index (χ0) is 14.4. The van der Waals surface area contributed by atoms with E-state index in [1.54, 1.807) is 6.92 Å². The first-order valence-electron chi connectivity index (χ1n) is 6.59. The minimum Gasteiger partial charge on any atom is -0.357 e. The van der Waals surface area contributed by atoms with Crippen molar-refractivity contribution < 1.29 is 4.52 Å². The zero-order valence-electron chi connectivity index (χ0n) is 12.5. The number of halogens is 1. The standard InChI is InChI=1S/C13H20N6O.HI/c1-4-14-13(15-7-11-5-6-19(3)9-11)16-8-12-17-10(2)20-18-12;/h5-6,9H,4,7-8H2,1-3H3,(H2,14,15,16);1H. The van der Waals surface area contributed by atoms with E-state index in [9.17, 15) is 0 Å². The van der Waals surface area contributed by atoms with Crippen LogP contribution in [0, 0.1) is 6.92 Å². The molecule has 2 N–H and O–H groups in total. The fourth-order valence-electron chi connectivity index (χ4n) is 1.74. The van der Waals surface area contributed by atoms with E-state index in [2.05, 4.69) is 38.0 Å². The topological polar surface area (TPSA) is 80.3 Å². The van der Waals surface area contributed by atoms with Gasteiger partial charge in [-0.2, -0.15) is 4.98 Å². The van der Waals surface area contributed by atoms with E-state index in [1.165, 1.54) is 5.56 Å². The molecule has 0 bridgehead atoms. The van der Waals surface area contributed by atoms with Gasteiger partial charge >= 0.3 is 0 Å². The molecule has 2 heterocycles. The minimum absolute atomic E-state index is 0. The number of nitrogens with one attached hydrogen (secondary N) is 2. The number of hydrogen-bond donors (Lipinski definition) is 2. The molecule has 0 atom stereocenters. The van der Waals surface area contributed by atoms with E-state index in [4.69, 9.17) is 4.52 Å². The lowest BCUT2D eigenvalue weighted by Crippen LogP contribution is -2.37. The first-order chi connectivity index (χ1) is 9.67. The second kappa shape index (κ2) is 8.65. The SMILES string of the molecule is CCNC(=NCc1ccn(C)c1)NCc1noc(C)n1.I. The van der Waals surface area contributed by atoms with Crippen LogP contribution in [0.2, 0.25) is 0 Å². The monoisotopic (exact) mass is 404 g/mol. The highest BCUT2D eigenvalue weighted by Crippen LogP contribution is 2.01. The summed E-state index contributed by atoms with van der Waals surface area (Å²) in [6.45, 7) is 5.70. The van der Waals surface area contributed by atoms with Gasteiger partial charge < -0.3 is 19.7 Å². The molecule has 2 aromatic rings. The molecule has 0 amide bonds. The van der Waals surface area contributed by atoms with Crippen molar-refractivity contribution in [3.05, 3.63) is 35.7 Å². The van der Waals surface area contributed by atoms with E-state index in [1.807, 2.05) is 24.7 Å². The van der Waals surface area contributed by atoms with Crippen molar-refractivity contribution in [2.45, 2.75) is 26.9 Å². The predicted octanol–water partition coefficient (Wildman–Crippen LogP) is 1.59. The van der Waals surface area contributed by atoms with Gasteiger partial charge in [0.25, 0.3) is 0 Å². The molecule has 116 valence electrons. The highest BCUT2D eigenvalue weighted by Gasteiger charge is 2.03. The number of rotatable bonds is 5. The van der Waals surface area contributed by atoms with Crippen LogP contribution in [0.1, 0.15) is 24.2 Å². The van der Waals surface area contributed by atoms with Gasteiger partial charge in [-0.05, 0) is 18.6 Å². The summed E-state index contributed by atoms with van der Waals surface area (Å²) in [5, 5.41) is 10.2. The smallest absolute Gasteiger partial charge is 0.223 e. The molecular formula is C13H21IN6O. The highest BCUT2D eigenvalue weighted by molar-refractivity contribution is 14.0. The van der Waals surface area contributed by atoms with Crippen molar-refractivity contribution in [3.8, 4) is 0 Å². The third kappa shape index (κ3) is 5.74. The maximum atomic E-state index is 4.92. The number of guanidine groups is 1. The third-order valence-corrected chi connectivity index (χ3v) is 2.64. The molecule has 0 spiro atoms. The summed E-state index contributed by atoms with van der Waals surface area (Å²) >= 11 is 0. The Hall–Kier alpha value is -1.58. The lowest BCUT2D eigenvalue weighted by atomic mass is 10.3. The molecule has 0 saturated heterocycles. The Morgan fingerprint density at radius 3 is 2.81 bits per heavy atom. The first kappa shape index (κ1) is 17.5. The van der Waals surface area contributed by atoms with Gasteiger partial charge in [-0.3, -0.25) is 0 Å². The van der Waals surface area contributed by atoms with E-state index in [-0.39, 0.29) is 24.0 Å². The average molecular weight is 404 g/mol. The van der Waals surface area contributed by atoms with Crippen LogP contribution in [0.15, 0.2) is 28.0 Å². The van der Waals surface area contributed by atoms with Crippen molar-refractivity contribution in [2.24, 2.45) is 12.0 Å². The predicted molar refractivity (Wildman–Crippen MR) is 91.5 cm³/mol. The molecule has 0 saturated carbocycles. The molecule has 0 aliphatic heterocycles. The van der Waals surface area contributed by atoms with Gasteiger partial charge in [0.15, 0.2) is 11.8 Å². The molecule has 0 aliphatic rings. The number of hydrogen-bond acceptors (Lipinski definition) is 4. The van der Waals surface area contributed by atoms with Gasteiger partial charge in [0.1, 0.15) is 0 Å². The van der Waals surface area contributed by atoms with E-state index >= 15 is 0 Å². The average Bonchev–Trinajstić information content (AvgIpc) is 3.02. The van der Waals surface area contributed by atoms with E-state index in [0.29, 0.717) is 24.8 Å². The summed E-state index contributed by atoms with van der Waals surface area (Å²) in [5.74, 6) is 1.92. The van der Waals surface area contributed by atoms with Crippen LogP contribution in [0.25, 0.3) is 0 Å². The van der Waals surface area contributed by atoms with E-state index in [0.717, 1.165) is 12.5 Å². The van der Waals surface area contributed by atoms with Crippen LogP contribution in [-0.2, 0) is 20.1 Å². The lowest BCUT2D eigenvalue weighted by molar-refractivity contribution is 0.387. The van der Waals surface area contributed by atoms with Crippen molar-refractivity contribution in [3.63, 3.8) is 0 Å². The quantitative estimate of drug-likeness (QED) is 0.450. The summed E-state index contributed by atoms with van der Waals surface area (Å²) in [4.78, 5) is 8.65. The Morgan fingerprint density at radius 2 is 2.24 bits per heavy atom. The molecule has 2 rings (SSSR count). The number of nitrogens with zero attached hydrogens (tertiary/aromatic N) is 4. The largest absolute Gasteiger partial charge is 0.357 e. The molecular weight excluding hydrogens is 383 g/mol. The van der Waals surface area contributed by atoms with Crippen molar-refractivity contribution in [2.75, 3.05) is 6.54 Å². The number of aromatic nitrogens is 3. The number of aliphatic imine (C=N–C) groups is 1. The molecule has 8 heteroatoms. The minimum atomic E-state index is 0. The fraction of sp³-hybridized carbons (Fsp3) is 0.462. The van der Waals surface area contributed by atoms with Gasteiger partial charge in [0.05, 0.1) is 13.1 Å². The molecule has 0 aromatic carbocycles. The first-order valence-corrected chi connectivity index (χ1v) is 6.59. The van der Waals surface area contributed by atoms with Crippen molar-refractivity contribution >= 4 is 29.9 Å². The van der Waals surface area contributed by atoms with Gasteiger partial charge in [0.2, 0.25) is 5.89 Å². The third-order valence-electron chi connectivity index (χ3n) is 2.64. The Bertz CT molecular complexity index is 577. The Kier molecular flexibility index (Phi) is 7.20. The van der Waals surface area contributed by atoms with Crippen LogP contribution in [0.5, 0.6) is 0 Å². The van der Waals surface area contributed by atoms with Crippen molar-refractivity contribution in [1.29, 1.82) is 0 Å². The molecule has 0 radical (unpaired) electrons. The highest BCUT2D eigenvalue weighted by atomic mass is 127. The zero-order valence-corrected chi connectivity index (χ0v) is 14.8. The molecule has 21 heavy (non-hydrogen) atoms. The van der Waals surface area contributed by atoms with Crippen LogP contribution in [-0.4, -0.2) is 27.2 Å². The Labute approximate surface area is 141 Å². The van der Waals surface area contributed by atoms with Crippen LogP contribution in [0.4, 0.5) is 0 Å². The van der Waals surface area contributed by atoms with Gasteiger partial charge in [0, 0.05) is 32.9 Å². The van der Waals surface area contributed by atoms with Gasteiger partial charge in [-0.1, -0.05) is 5.16 Å². The van der Waals surface area contributed by atoms with Crippen LogP contribution in [0.3, 0.4) is 0 Å². The summed E-state index contributed by atoms with van der Waals surface area (Å²) in [5.41, 5.74) is 1.17. The second-order valence-electron chi connectivity index (χ2n) is 4.46. The maximum Gasteiger partial charge on any atom is 0.223 e. The van der Waals surface area contributed by atoms with Gasteiger partial charge in [-0.15, -0.1) is 24.0 Å². The van der Waals surface area contributed by atoms with Crippen LogP contribution >= 0.6 is 24.0 Å². The fourth-order valence-corrected chi connectivity index (χ4v) is 1.74. The molecule has 2 aromatic heterocycles. The Morgan fingerprint density at radius 1 is 1.43 bits per heavy atom. The lowest BCUT2D eigenvalue weighted by Gasteiger charge is -2.09. The molecule has 7 nitrogen and oxygen atoms in total. The van der Waals surface area contributed by atoms with Crippen LogP contribution < -0.4 is 10.6 Å². The van der Waals surface area contributed by atoms with Gasteiger partial charge in [-0.25, -0.2) is 4.99 Å². The summed E-state index contributed by atoms with van der Waals surface area (Å²) in [6, 6.07) is 2.05. The summed E-state index contributed by atoms with van der Waals surface area (Å²) in [7, 11) is 2.00. The normalized spacial score (nSPS) is 11.1. The molecule has 0 aliphatic carbocycles. The Balaban J connectivity index is 0.00000220. The van der Waals surface area contributed by atoms with Crippen molar-refractivity contribution in [1.82, 2.24) is 25.3 Å². The molecule has 0 unspecified atom stereocenters. The molecule has 0 fully saturated rings. The second-order valence-corrected chi connectivity index (χ2v) is 4.46. The maximum absolute atomic E-state index is 4.92. The summed E-state index contributed by atoms with van der Waals surface area (Å²) in [6.07, 6.45) is 4.06. The number of aryl methyl sites for hydroxylation is 2. The summed E-state index contributed by atoms with van der Waals surface area (Å²) < 4.78 is 6.93. The van der Waals surface area contributed by atoms with E-state index < -0.39 is 0 Å².